The summed E-state index contributed by atoms with van der Waals surface area (Å²) >= 11 is 0. The minimum atomic E-state index is -0.320. The molecule has 1 amide bonds. The summed E-state index contributed by atoms with van der Waals surface area (Å²) in [6.07, 6.45) is 3.32. The van der Waals surface area contributed by atoms with Crippen LogP contribution in [-0.4, -0.2) is 10.5 Å². The van der Waals surface area contributed by atoms with Crippen LogP contribution in [0, 0.1) is 13.8 Å². The number of primary amides is 1. The zero-order valence-corrected chi connectivity index (χ0v) is 12.9. The van der Waals surface area contributed by atoms with E-state index in [-0.39, 0.29) is 5.91 Å². The van der Waals surface area contributed by atoms with Crippen LogP contribution in [0.5, 0.6) is 0 Å². The van der Waals surface area contributed by atoms with Crippen molar-refractivity contribution in [1.29, 1.82) is 0 Å². The lowest BCUT2D eigenvalue weighted by molar-refractivity contribution is 0.1000. The maximum absolute atomic E-state index is 12.1. The van der Waals surface area contributed by atoms with Crippen molar-refractivity contribution in [2.24, 2.45) is 5.73 Å². The molecule has 1 aromatic carbocycles. The second kappa shape index (κ2) is 5.06. The van der Waals surface area contributed by atoms with Crippen LogP contribution in [0.2, 0.25) is 0 Å². The van der Waals surface area contributed by atoms with Gasteiger partial charge in [0.2, 0.25) is 0 Å². The van der Waals surface area contributed by atoms with E-state index in [1.807, 2.05) is 19.1 Å². The van der Waals surface area contributed by atoms with E-state index < -0.39 is 0 Å². The van der Waals surface area contributed by atoms with Crippen LogP contribution in [0.3, 0.4) is 0 Å². The highest BCUT2D eigenvalue weighted by Gasteiger charge is 2.32. The van der Waals surface area contributed by atoms with E-state index in [4.69, 9.17) is 5.73 Å². The predicted octanol–water partition coefficient (Wildman–Crippen LogP) is 3.77. The minimum Gasteiger partial charge on any atom is -0.366 e. The third-order valence-corrected chi connectivity index (χ3v) is 4.46. The van der Waals surface area contributed by atoms with Gasteiger partial charge in [-0.25, -0.2) is 0 Å². The Bertz CT molecular complexity index is 708. The number of hydrogen-bond acceptors (Lipinski definition) is 1. The topological polar surface area (TPSA) is 48.0 Å². The van der Waals surface area contributed by atoms with E-state index in [2.05, 4.69) is 30.5 Å². The quantitative estimate of drug-likeness (QED) is 0.911. The van der Waals surface area contributed by atoms with Crippen LogP contribution in [0.15, 0.2) is 24.3 Å². The van der Waals surface area contributed by atoms with Crippen molar-refractivity contribution < 1.29 is 4.79 Å². The van der Waals surface area contributed by atoms with Gasteiger partial charge in [0.1, 0.15) is 0 Å². The van der Waals surface area contributed by atoms with Crippen molar-refractivity contribution in [2.45, 2.75) is 46.1 Å². The molecule has 110 valence electrons. The van der Waals surface area contributed by atoms with Crippen molar-refractivity contribution in [3.63, 3.8) is 0 Å². The van der Waals surface area contributed by atoms with Crippen LogP contribution in [-0.2, 0) is 6.42 Å². The van der Waals surface area contributed by atoms with Crippen molar-refractivity contribution in [3.8, 4) is 11.1 Å². The molecule has 3 nitrogen and oxygen atoms in total. The van der Waals surface area contributed by atoms with Crippen molar-refractivity contribution >= 4 is 5.91 Å². The molecule has 21 heavy (non-hydrogen) atoms. The summed E-state index contributed by atoms with van der Waals surface area (Å²) in [5.74, 6) is -0.320. The number of rotatable bonds is 4. The van der Waals surface area contributed by atoms with Gasteiger partial charge in [-0.05, 0) is 44.2 Å². The number of carbonyl (C=O) groups excluding carboxylic acids is 1. The van der Waals surface area contributed by atoms with Gasteiger partial charge in [0.05, 0.1) is 5.56 Å². The number of benzene rings is 1. The van der Waals surface area contributed by atoms with Crippen LogP contribution in [0.25, 0.3) is 11.1 Å². The third-order valence-electron chi connectivity index (χ3n) is 4.46. The maximum atomic E-state index is 12.1. The summed E-state index contributed by atoms with van der Waals surface area (Å²) in [6.45, 7) is 6.27. The summed E-state index contributed by atoms with van der Waals surface area (Å²) in [6, 6.07) is 8.78. The van der Waals surface area contributed by atoms with E-state index in [1.165, 1.54) is 24.1 Å². The third kappa shape index (κ3) is 2.17. The molecule has 0 radical (unpaired) electrons. The molecule has 3 rings (SSSR count). The summed E-state index contributed by atoms with van der Waals surface area (Å²) < 4.78 is 2.35. The fourth-order valence-electron chi connectivity index (χ4n) is 3.39. The first-order chi connectivity index (χ1) is 10.1. The molecule has 0 aliphatic heterocycles. The Morgan fingerprint density at radius 1 is 1.29 bits per heavy atom. The van der Waals surface area contributed by atoms with Gasteiger partial charge in [-0.3, -0.25) is 4.79 Å². The minimum absolute atomic E-state index is 0.320. The van der Waals surface area contributed by atoms with Gasteiger partial charge in [-0.1, -0.05) is 31.2 Å². The Morgan fingerprint density at radius 2 is 1.95 bits per heavy atom. The fourth-order valence-corrected chi connectivity index (χ4v) is 3.39. The van der Waals surface area contributed by atoms with Gasteiger partial charge in [-0.15, -0.1) is 0 Å². The van der Waals surface area contributed by atoms with Gasteiger partial charge in [0.15, 0.2) is 0 Å². The predicted molar refractivity (Wildman–Crippen MR) is 85.5 cm³/mol. The number of amides is 1. The van der Waals surface area contributed by atoms with E-state index in [9.17, 15) is 4.79 Å². The molecule has 0 atom stereocenters. The summed E-state index contributed by atoms with van der Waals surface area (Å²) in [4.78, 5) is 12.1. The van der Waals surface area contributed by atoms with E-state index in [0.717, 1.165) is 23.2 Å². The van der Waals surface area contributed by atoms with Gasteiger partial charge in [-0.2, -0.15) is 0 Å². The number of carbonyl (C=O) groups is 1. The highest BCUT2D eigenvalue weighted by Crippen LogP contribution is 2.43. The molecule has 1 heterocycles. The van der Waals surface area contributed by atoms with Crippen LogP contribution < -0.4 is 5.73 Å². The Kier molecular flexibility index (Phi) is 3.36. The first-order valence-electron chi connectivity index (χ1n) is 7.65. The average Bonchev–Trinajstić information content (AvgIpc) is 3.23. The summed E-state index contributed by atoms with van der Waals surface area (Å²) in [5, 5.41) is 0. The lowest BCUT2D eigenvalue weighted by Gasteiger charge is -2.11. The lowest BCUT2D eigenvalue weighted by Crippen LogP contribution is -2.13. The molecule has 2 aromatic rings. The molecule has 1 saturated carbocycles. The zero-order chi connectivity index (χ0) is 15.1. The van der Waals surface area contributed by atoms with Gasteiger partial charge in [0.25, 0.3) is 5.91 Å². The normalized spacial score (nSPS) is 14.4. The molecule has 0 unspecified atom stereocenters. The molecule has 1 aliphatic carbocycles. The number of aryl methyl sites for hydroxylation is 1. The molecule has 2 N–H and O–H groups in total. The second-order valence-electron chi connectivity index (χ2n) is 5.92. The molecule has 1 aliphatic rings. The molecular formula is C18H22N2O. The standard InChI is InChI=1S/C18H22N2O/c1-4-15-17(14-8-6-5-7-11(14)2)16(18(19)21)12(3)20(15)13-9-10-13/h5-8,13H,4,9-10H2,1-3H3,(H2,19,21). The van der Waals surface area contributed by atoms with Gasteiger partial charge in [0, 0.05) is 23.0 Å². The van der Waals surface area contributed by atoms with E-state index >= 15 is 0 Å². The molecule has 1 aromatic heterocycles. The molecule has 0 spiro atoms. The first kappa shape index (κ1) is 13.9. The molecule has 3 heteroatoms. The number of nitrogens with zero attached hydrogens (tertiary/aromatic N) is 1. The fraction of sp³-hybridized carbons (Fsp3) is 0.389. The molecular weight excluding hydrogens is 260 g/mol. The number of hydrogen-bond donors (Lipinski definition) is 1. The average molecular weight is 282 g/mol. The van der Waals surface area contributed by atoms with Crippen molar-refractivity contribution in [3.05, 3.63) is 46.8 Å². The Labute approximate surface area is 125 Å². The van der Waals surface area contributed by atoms with E-state index in [0.29, 0.717) is 11.6 Å². The Morgan fingerprint density at radius 3 is 2.48 bits per heavy atom. The summed E-state index contributed by atoms with van der Waals surface area (Å²) in [5.41, 5.74) is 12.0. The molecule has 1 fully saturated rings. The largest absolute Gasteiger partial charge is 0.366 e. The maximum Gasteiger partial charge on any atom is 0.251 e. The lowest BCUT2D eigenvalue weighted by atomic mass is 9.95. The van der Waals surface area contributed by atoms with Crippen LogP contribution in [0.4, 0.5) is 0 Å². The van der Waals surface area contributed by atoms with Crippen molar-refractivity contribution in [1.82, 2.24) is 4.57 Å². The van der Waals surface area contributed by atoms with Gasteiger partial charge >= 0.3 is 0 Å². The molecule has 0 saturated heterocycles. The zero-order valence-electron chi connectivity index (χ0n) is 12.9. The SMILES string of the molecule is CCc1c(-c2ccccc2C)c(C(N)=O)c(C)n1C1CC1. The highest BCUT2D eigenvalue weighted by atomic mass is 16.1. The van der Waals surface area contributed by atoms with Crippen LogP contribution in [0.1, 0.15) is 53.1 Å². The molecule has 0 bridgehead atoms. The summed E-state index contributed by atoms with van der Waals surface area (Å²) in [7, 11) is 0. The first-order valence-corrected chi connectivity index (χ1v) is 7.65. The monoisotopic (exact) mass is 282 g/mol. The Hall–Kier alpha value is -2.03. The number of aromatic nitrogens is 1. The van der Waals surface area contributed by atoms with Gasteiger partial charge < -0.3 is 10.3 Å². The van der Waals surface area contributed by atoms with E-state index in [1.54, 1.807) is 0 Å². The number of nitrogens with two attached hydrogens (primary N) is 1. The second-order valence-corrected chi connectivity index (χ2v) is 5.92. The van der Waals surface area contributed by atoms with Crippen LogP contribution >= 0.6 is 0 Å². The van der Waals surface area contributed by atoms with Crippen molar-refractivity contribution in [2.75, 3.05) is 0 Å². The Balaban J connectivity index is 2.35. The highest BCUT2D eigenvalue weighted by molar-refractivity contribution is 6.02. The smallest absolute Gasteiger partial charge is 0.251 e.